The molecule has 1 aromatic carbocycles. The average molecular weight is 230 g/mol. The van der Waals surface area contributed by atoms with Gasteiger partial charge in [-0.25, -0.2) is 0 Å². The van der Waals surface area contributed by atoms with E-state index in [1.54, 1.807) is 13.0 Å². The molecule has 0 fully saturated rings. The number of aliphatic hydroxyl groups is 1. The molecule has 0 saturated carbocycles. The van der Waals surface area contributed by atoms with Crippen LogP contribution in [-0.4, -0.2) is 24.7 Å². The van der Waals surface area contributed by atoms with Crippen molar-refractivity contribution in [2.24, 2.45) is 0 Å². The lowest BCUT2D eigenvalue weighted by molar-refractivity contribution is 0.112. The van der Waals surface area contributed by atoms with Crippen molar-refractivity contribution in [2.45, 2.75) is 13.2 Å². The number of ether oxygens (including phenoxy) is 1. The molecule has 5 heteroatoms. The Morgan fingerprint density at radius 2 is 2.27 bits per heavy atom. The van der Waals surface area contributed by atoms with Gasteiger partial charge in [-0.2, -0.15) is 0 Å². The number of rotatable bonds is 4. The lowest BCUT2D eigenvalue weighted by Gasteiger charge is -2.13. The molecule has 0 aliphatic rings. The molecule has 4 nitrogen and oxygen atoms in total. The molecule has 0 saturated heterocycles. The van der Waals surface area contributed by atoms with E-state index in [-0.39, 0.29) is 0 Å². The third-order valence-electron chi connectivity index (χ3n) is 1.81. The van der Waals surface area contributed by atoms with Crippen LogP contribution in [0.15, 0.2) is 12.1 Å². The maximum absolute atomic E-state index is 10.7. The zero-order valence-corrected chi connectivity index (χ0v) is 9.21. The van der Waals surface area contributed by atoms with Crippen LogP contribution >= 0.6 is 11.6 Å². The molecule has 0 aliphatic carbocycles. The fourth-order valence-corrected chi connectivity index (χ4v) is 1.40. The predicted molar refractivity (Wildman–Crippen MR) is 58.7 cm³/mol. The number of halogens is 1. The van der Waals surface area contributed by atoms with Crippen molar-refractivity contribution in [1.29, 1.82) is 0 Å². The van der Waals surface area contributed by atoms with E-state index in [9.17, 15) is 4.79 Å². The quantitative estimate of drug-likeness (QED) is 0.612. The molecule has 0 amide bonds. The first kappa shape index (κ1) is 11.8. The van der Waals surface area contributed by atoms with Gasteiger partial charge in [0.2, 0.25) is 0 Å². The molecule has 15 heavy (non-hydrogen) atoms. The molecule has 2 N–H and O–H groups in total. The second-order valence-electron chi connectivity index (χ2n) is 3.01. The number of nitrogens with one attached hydrogen (secondary N) is 1. The summed E-state index contributed by atoms with van der Waals surface area (Å²) in [4.78, 5) is 10.7. The van der Waals surface area contributed by atoms with Gasteiger partial charge in [-0.15, -0.1) is 0 Å². The molecule has 0 aromatic heterocycles. The van der Waals surface area contributed by atoms with Crippen LogP contribution < -0.4 is 10.1 Å². The first-order chi connectivity index (χ1) is 7.08. The minimum absolute atomic E-state index is 0.360. The van der Waals surface area contributed by atoms with Gasteiger partial charge < -0.3 is 15.2 Å². The summed E-state index contributed by atoms with van der Waals surface area (Å²) in [7, 11) is 1.46. The second-order valence-corrected chi connectivity index (χ2v) is 3.42. The minimum atomic E-state index is -0.728. The number of carbonyl (C=O) groups is 1. The van der Waals surface area contributed by atoms with Gasteiger partial charge in [0.05, 0.1) is 23.4 Å². The Hall–Kier alpha value is -1.26. The summed E-state index contributed by atoms with van der Waals surface area (Å²) in [5, 5.41) is 12.2. The molecule has 0 radical (unpaired) electrons. The molecular formula is C10H12ClNO3. The van der Waals surface area contributed by atoms with Gasteiger partial charge in [0, 0.05) is 6.07 Å². The third-order valence-corrected chi connectivity index (χ3v) is 2.12. The molecule has 1 atom stereocenters. The van der Waals surface area contributed by atoms with E-state index in [2.05, 4.69) is 5.32 Å². The standard InChI is InChI=1S/C10H12ClNO3/c1-6(14)12-9-4-10(15-2)7(5-13)3-8(9)11/h3-6,12,14H,1-2H3. The highest BCUT2D eigenvalue weighted by Crippen LogP contribution is 2.30. The number of benzene rings is 1. The van der Waals surface area contributed by atoms with Gasteiger partial charge in [0.1, 0.15) is 12.0 Å². The van der Waals surface area contributed by atoms with Gasteiger partial charge >= 0.3 is 0 Å². The Morgan fingerprint density at radius 1 is 1.60 bits per heavy atom. The number of methoxy groups -OCH3 is 1. The Labute approximate surface area is 92.8 Å². The van der Waals surface area contributed by atoms with Crippen LogP contribution in [0.2, 0.25) is 5.02 Å². The van der Waals surface area contributed by atoms with E-state index >= 15 is 0 Å². The van der Waals surface area contributed by atoms with Crippen LogP contribution in [-0.2, 0) is 0 Å². The van der Waals surface area contributed by atoms with Gasteiger partial charge in [-0.3, -0.25) is 4.79 Å². The van der Waals surface area contributed by atoms with Crippen molar-refractivity contribution in [3.63, 3.8) is 0 Å². The maximum Gasteiger partial charge on any atom is 0.153 e. The van der Waals surface area contributed by atoms with Crippen molar-refractivity contribution >= 4 is 23.6 Å². The maximum atomic E-state index is 10.7. The van der Waals surface area contributed by atoms with Gasteiger partial charge in [0.15, 0.2) is 6.29 Å². The number of hydrogen-bond acceptors (Lipinski definition) is 4. The van der Waals surface area contributed by atoms with E-state index < -0.39 is 6.23 Å². The summed E-state index contributed by atoms with van der Waals surface area (Å²) in [6.07, 6.45) is -0.0640. The molecule has 1 unspecified atom stereocenters. The molecular weight excluding hydrogens is 218 g/mol. The molecule has 0 heterocycles. The number of aliphatic hydroxyl groups excluding tert-OH is 1. The summed E-state index contributed by atoms with van der Waals surface area (Å²) in [5.74, 6) is 0.414. The number of anilines is 1. The SMILES string of the molecule is COc1cc(NC(C)O)c(Cl)cc1C=O. The zero-order valence-electron chi connectivity index (χ0n) is 8.45. The number of aldehydes is 1. The number of carbonyl (C=O) groups excluding carboxylic acids is 1. The minimum Gasteiger partial charge on any atom is -0.496 e. The highest BCUT2D eigenvalue weighted by molar-refractivity contribution is 6.33. The van der Waals surface area contributed by atoms with E-state index in [1.165, 1.54) is 13.2 Å². The summed E-state index contributed by atoms with van der Waals surface area (Å²) in [6, 6.07) is 3.05. The first-order valence-electron chi connectivity index (χ1n) is 4.35. The smallest absolute Gasteiger partial charge is 0.153 e. The Balaban J connectivity index is 3.13. The van der Waals surface area contributed by atoms with Crippen LogP contribution in [0.25, 0.3) is 0 Å². The van der Waals surface area contributed by atoms with Crippen LogP contribution in [0.5, 0.6) is 5.75 Å². The topological polar surface area (TPSA) is 58.6 Å². The molecule has 82 valence electrons. The average Bonchev–Trinajstić information content (AvgIpc) is 2.19. The van der Waals surface area contributed by atoms with E-state index in [4.69, 9.17) is 21.4 Å². The summed E-state index contributed by atoms with van der Waals surface area (Å²) in [6.45, 7) is 1.57. The fraction of sp³-hybridized carbons (Fsp3) is 0.300. The molecule has 0 spiro atoms. The Kier molecular flexibility index (Phi) is 3.94. The molecule has 0 bridgehead atoms. The van der Waals surface area contributed by atoms with E-state index in [0.29, 0.717) is 28.3 Å². The van der Waals surface area contributed by atoms with Gasteiger partial charge in [0.25, 0.3) is 0 Å². The van der Waals surface area contributed by atoms with Crippen molar-refractivity contribution in [3.8, 4) is 5.75 Å². The second kappa shape index (κ2) is 5.00. The van der Waals surface area contributed by atoms with Crippen molar-refractivity contribution in [2.75, 3.05) is 12.4 Å². The summed E-state index contributed by atoms with van der Waals surface area (Å²) in [5.41, 5.74) is 0.896. The normalized spacial score (nSPS) is 12.0. The third kappa shape index (κ3) is 2.84. The first-order valence-corrected chi connectivity index (χ1v) is 4.73. The van der Waals surface area contributed by atoms with Crippen molar-refractivity contribution in [1.82, 2.24) is 0 Å². The van der Waals surface area contributed by atoms with Gasteiger partial charge in [-0.05, 0) is 13.0 Å². The number of hydrogen-bond donors (Lipinski definition) is 2. The lowest BCUT2D eigenvalue weighted by Crippen LogP contribution is -2.13. The highest BCUT2D eigenvalue weighted by Gasteiger charge is 2.09. The van der Waals surface area contributed by atoms with E-state index in [1.807, 2.05) is 0 Å². The Morgan fingerprint density at radius 3 is 2.73 bits per heavy atom. The van der Waals surface area contributed by atoms with Crippen LogP contribution in [0, 0.1) is 0 Å². The molecule has 1 aromatic rings. The van der Waals surface area contributed by atoms with Crippen molar-refractivity contribution < 1.29 is 14.6 Å². The van der Waals surface area contributed by atoms with Gasteiger partial charge in [-0.1, -0.05) is 11.6 Å². The molecule has 1 rings (SSSR count). The van der Waals surface area contributed by atoms with Crippen LogP contribution in [0.4, 0.5) is 5.69 Å². The predicted octanol–water partition coefficient (Wildman–Crippen LogP) is 1.91. The fourth-order valence-electron chi connectivity index (χ4n) is 1.17. The van der Waals surface area contributed by atoms with Crippen LogP contribution in [0.1, 0.15) is 17.3 Å². The Bertz CT molecular complexity index is 366. The summed E-state index contributed by atoms with van der Waals surface area (Å²) >= 11 is 5.89. The monoisotopic (exact) mass is 229 g/mol. The lowest BCUT2D eigenvalue weighted by atomic mass is 10.2. The van der Waals surface area contributed by atoms with Crippen LogP contribution in [0.3, 0.4) is 0 Å². The van der Waals surface area contributed by atoms with Crippen molar-refractivity contribution in [3.05, 3.63) is 22.7 Å². The zero-order chi connectivity index (χ0) is 11.4. The molecule has 0 aliphatic heterocycles. The highest BCUT2D eigenvalue weighted by atomic mass is 35.5. The summed E-state index contributed by atoms with van der Waals surface area (Å²) < 4.78 is 5.00. The largest absolute Gasteiger partial charge is 0.496 e. The van der Waals surface area contributed by atoms with E-state index in [0.717, 1.165) is 0 Å².